The van der Waals surface area contributed by atoms with Gasteiger partial charge in [-0.3, -0.25) is 10.3 Å². The van der Waals surface area contributed by atoms with Crippen LogP contribution in [-0.2, 0) is 4.74 Å². The predicted octanol–water partition coefficient (Wildman–Crippen LogP) is 1.70. The van der Waals surface area contributed by atoms with Crippen molar-refractivity contribution in [2.45, 2.75) is 40.5 Å². The molecule has 0 aliphatic heterocycles. The lowest BCUT2D eigenvalue weighted by atomic mass is 10.1. The Morgan fingerprint density at radius 2 is 1.90 bits per heavy atom. The van der Waals surface area contributed by atoms with Gasteiger partial charge in [-0.25, -0.2) is 0 Å². The average Bonchev–Trinajstić information content (AvgIpc) is 2.48. The number of nitriles is 1. The summed E-state index contributed by atoms with van der Waals surface area (Å²) in [5.74, 6) is 1.22. The maximum atomic E-state index is 8.63. The molecule has 6 heteroatoms. The summed E-state index contributed by atoms with van der Waals surface area (Å²) in [5.41, 5.74) is 0. The predicted molar refractivity (Wildman–Crippen MR) is 89.2 cm³/mol. The lowest BCUT2D eigenvalue weighted by molar-refractivity contribution is 0.142. The van der Waals surface area contributed by atoms with Gasteiger partial charge in [-0.05, 0) is 25.8 Å². The molecular formula is C15H33N5O. The van der Waals surface area contributed by atoms with Gasteiger partial charge in [-0.1, -0.05) is 27.7 Å². The molecule has 0 bridgehead atoms. The van der Waals surface area contributed by atoms with Crippen LogP contribution < -0.4 is 16.0 Å². The van der Waals surface area contributed by atoms with E-state index < -0.39 is 0 Å². The molecule has 124 valence electrons. The van der Waals surface area contributed by atoms with Crippen molar-refractivity contribution in [3.05, 3.63) is 0 Å². The summed E-state index contributed by atoms with van der Waals surface area (Å²) in [7, 11) is 1.89. The summed E-state index contributed by atoms with van der Waals surface area (Å²) in [6, 6.07) is 0. The number of hydrogen-bond donors (Lipinski definition) is 3. The minimum atomic E-state index is 0.531. The maximum absolute atomic E-state index is 8.63. The molecule has 0 unspecified atom stereocenters. The first-order valence-electron chi connectivity index (χ1n) is 7.86. The summed E-state index contributed by atoms with van der Waals surface area (Å²) in [6.45, 7) is 11.9. The molecule has 0 rings (SSSR count). The number of nitrogens with one attached hydrogen (secondary N) is 3. The van der Waals surface area contributed by atoms with Gasteiger partial charge < -0.3 is 15.4 Å². The zero-order chi connectivity index (χ0) is 16.3. The zero-order valence-corrected chi connectivity index (χ0v) is 14.3. The molecule has 0 aliphatic rings. The van der Waals surface area contributed by atoms with Gasteiger partial charge >= 0.3 is 0 Å². The van der Waals surface area contributed by atoms with E-state index in [1.807, 2.05) is 27.1 Å². The standard InChI is InChI=1S/C13H27N5O.C2H6/c1-12(2)5-4-6-16-13(18-11-14)17-8-10-19-9-7-15-3;1-2/h12,15H,4-10H2,1-3H3,(H2,16,17,18);1-2H3. The van der Waals surface area contributed by atoms with Crippen LogP contribution in [0.25, 0.3) is 0 Å². The van der Waals surface area contributed by atoms with Gasteiger partial charge in [0.05, 0.1) is 13.2 Å². The molecule has 0 radical (unpaired) electrons. The van der Waals surface area contributed by atoms with E-state index in [-0.39, 0.29) is 0 Å². The van der Waals surface area contributed by atoms with Crippen molar-refractivity contribution in [2.75, 3.05) is 39.9 Å². The van der Waals surface area contributed by atoms with Crippen molar-refractivity contribution >= 4 is 5.96 Å². The highest BCUT2D eigenvalue weighted by atomic mass is 16.5. The van der Waals surface area contributed by atoms with Crippen molar-refractivity contribution in [3.8, 4) is 6.19 Å². The summed E-state index contributed by atoms with van der Waals surface area (Å²) in [6.07, 6.45) is 4.07. The molecule has 21 heavy (non-hydrogen) atoms. The summed E-state index contributed by atoms with van der Waals surface area (Å²) < 4.78 is 5.37. The largest absolute Gasteiger partial charge is 0.378 e. The highest BCUT2D eigenvalue weighted by molar-refractivity contribution is 5.81. The Labute approximate surface area is 130 Å². The molecule has 0 aliphatic carbocycles. The summed E-state index contributed by atoms with van der Waals surface area (Å²) in [5, 5.41) is 17.2. The van der Waals surface area contributed by atoms with Gasteiger partial charge in [0.15, 0.2) is 6.19 Å². The van der Waals surface area contributed by atoms with E-state index in [0.29, 0.717) is 31.6 Å². The fourth-order valence-corrected chi connectivity index (χ4v) is 1.40. The topological polar surface area (TPSA) is 81.5 Å². The van der Waals surface area contributed by atoms with Crippen LogP contribution in [0.5, 0.6) is 0 Å². The molecular weight excluding hydrogens is 266 g/mol. The van der Waals surface area contributed by atoms with Crippen LogP contribution in [-0.4, -0.2) is 45.9 Å². The lowest BCUT2D eigenvalue weighted by Crippen LogP contribution is -2.37. The third-order valence-electron chi connectivity index (χ3n) is 2.42. The van der Waals surface area contributed by atoms with Crippen molar-refractivity contribution in [1.29, 1.82) is 5.26 Å². The normalized spacial score (nSPS) is 10.6. The Kier molecular flexibility index (Phi) is 19.5. The monoisotopic (exact) mass is 299 g/mol. The van der Waals surface area contributed by atoms with Crippen molar-refractivity contribution < 1.29 is 4.74 Å². The smallest absolute Gasteiger partial charge is 0.204 e. The van der Waals surface area contributed by atoms with Gasteiger partial charge in [-0.2, -0.15) is 5.26 Å². The average molecular weight is 299 g/mol. The van der Waals surface area contributed by atoms with Crippen LogP contribution in [0, 0.1) is 17.4 Å². The van der Waals surface area contributed by atoms with Gasteiger partial charge in [0.2, 0.25) is 5.96 Å². The fraction of sp³-hybridized carbons (Fsp3) is 0.867. The molecule has 0 aromatic heterocycles. The molecule has 0 fully saturated rings. The molecule has 0 saturated heterocycles. The highest BCUT2D eigenvalue weighted by Crippen LogP contribution is 2.02. The number of nitrogens with zero attached hydrogens (tertiary/aromatic N) is 2. The minimum absolute atomic E-state index is 0.531. The molecule has 0 aromatic carbocycles. The molecule has 0 amide bonds. The Morgan fingerprint density at radius 1 is 1.24 bits per heavy atom. The summed E-state index contributed by atoms with van der Waals surface area (Å²) in [4.78, 5) is 4.32. The van der Waals surface area contributed by atoms with E-state index in [1.165, 1.54) is 0 Å². The van der Waals surface area contributed by atoms with Crippen LogP contribution in [0.4, 0.5) is 0 Å². The zero-order valence-electron chi connectivity index (χ0n) is 14.3. The van der Waals surface area contributed by atoms with Crippen LogP contribution >= 0.6 is 0 Å². The molecule has 0 heterocycles. The molecule has 3 N–H and O–H groups in total. The Bertz CT molecular complexity index is 274. The van der Waals surface area contributed by atoms with Crippen LogP contribution in [0.15, 0.2) is 4.99 Å². The molecule has 6 nitrogen and oxygen atoms in total. The van der Waals surface area contributed by atoms with Gasteiger partial charge in [0, 0.05) is 19.6 Å². The van der Waals surface area contributed by atoms with Gasteiger partial charge in [-0.15, -0.1) is 0 Å². The van der Waals surface area contributed by atoms with E-state index in [4.69, 9.17) is 10.00 Å². The van der Waals surface area contributed by atoms with Crippen LogP contribution in [0.1, 0.15) is 40.5 Å². The SMILES string of the molecule is CC.CNCCOCCNC(=NCCCC(C)C)NC#N. The second-order valence-corrected chi connectivity index (χ2v) is 4.65. The number of ether oxygens (including phenoxy) is 1. The molecule has 0 aromatic rings. The second-order valence-electron chi connectivity index (χ2n) is 4.65. The summed E-state index contributed by atoms with van der Waals surface area (Å²) >= 11 is 0. The quantitative estimate of drug-likeness (QED) is 0.188. The van der Waals surface area contributed by atoms with Gasteiger partial charge in [0.1, 0.15) is 0 Å². The Morgan fingerprint density at radius 3 is 2.48 bits per heavy atom. The van der Waals surface area contributed by atoms with Crippen molar-refractivity contribution in [1.82, 2.24) is 16.0 Å². The third-order valence-corrected chi connectivity index (χ3v) is 2.42. The Balaban J connectivity index is 0. The Hall–Kier alpha value is -1.32. The van der Waals surface area contributed by atoms with Crippen molar-refractivity contribution in [2.24, 2.45) is 10.9 Å². The lowest BCUT2D eigenvalue weighted by Gasteiger charge is -2.09. The molecule has 0 saturated carbocycles. The van der Waals surface area contributed by atoms with E-state index >= 15 is 0 Å². The number of rotatable bonds is 10. The van der Waals surface area contributed by atoms with E-state index in [1.54, 1.807) is 0 Å². The number of aliphatic imine (C=N–C) groups is 1. The number of guanidine groups is 1. The number of likely N-dealkylation sites (N-methyl/N-ethyl adjacent to an activating group) is 1. The first-order chi connectivity index (χ1) is 10.2. The third kappa shape index (κ3) is 18.7. The van der Waals surface area contributed by atoms with E-state index in [2.05, 4.69) is 34.8 Å². The minimum Gasteiger partial charge on any atom is -0.378 e. The van der Waals surface area contributed by atoms with E-state index in [0.717, 1.165) is 25.9 Å². The van der Waals surface area contributed by atoms with Gasteiger partial charge in [0.25, 0.3) is 0 Å². The van der Waals surface area contributed by atoms with Crippen molar-refractivity contribution in [3.63, 3.8) is 0 Å². The maximum Gasteiger partial charge on any atom is 0.204 e. The molecule has 0 spiro atoms. The second kappa shape index (κ2) is 18.7. The molecule has 0 atom stereocenters. The first-order valence-corrected chi connectivity index (χ1v) is 7.86. The number of hydrogen-bond acceptors (Lipinski definition) is 4. The highest BCUT2D eigenvalue weighted by Gasteiger charge is 1.97. The first kappa shape index (κ1) is 22.0. The van der Waals surface area contributed by atoms with E-state index in [9.17, 15) is 0 Å². The van der Waals surface area contributed by atoms with Crippen LogP contribution in [0.3, 0.4) is 0 Å². The fourth-order valence-electron chi connectivity index (χ4n) is 1.40. The van der Waals surface area contributed by atoms with Crippen LogP contribution in [0.2, 0.25) is 0 Å².